The van der Waals surface area contributed by atoms with Crippen molar-refractivity contribution >= 4 is 21.9 Å². The van der Waals surface area contributed by atoms with Crippen molar-refractivity contribution in [2.45, 2.75) is 0 Å². The molecule has 2 heterocycles. The van der Waals surface area contributed by atoms with E-state index < -0.39 is 0 Å². The third-order valence-corrected chi connectivity index (χ3v) is 3.12. The lowest BCUT2D eigenvalue weighted by atomic mass is 10.2. The molecule has 4 rings (SSSR count). The van der Waals surface area contributed by atoms with Crippen molar-refractivity contribution < 1.29 is 0 Å². The lowest BCUT2D eigenvalue weighted by molar-refractivity contribution is 1.22. The average molecular weight is 344 g/mol. The molecule has 0 saturated heterocycles. The van der Waals surface area contributed by atoms with Gasteiger partial charge < -0.3 is 11.5 Å². The maximum atomic E-state index is 4.93. The maximum absolute atomic E-state index is 4.93. The van der Waals surface area contributed by atoms with E-state index in [4.69, 9.17) is 11.5 Å². The van der Waals surface area contributed by atoms with Gasteiger partial charge in [0.05, 0.1) is 16.6 Å². The molecule has 2 aromatic heterocycles. The van der Waals surface area contributed by atoms with E-state index in [1.165, 1.54) is 12.4 Å². The SMILES string of the molecule is N/C=C\C=C/N.c1ccc2nccnc2c1.c1ccc2ncncc2c1. The van der Waals surface area contributed by atoms with Crippen molar-refractivity contribution in [1.29, 1.82) is 0 Å². The molecule has 0 aliphatic heterocycles. The number of para-hydroxylation sites is 3. The van der Waals surface area contributed by atoms with Gasteiger partial charge in [-0.3, -0.25) is 9.97 Å². The Labute approximate surface area is 152 Å². The van der Waals surface area contributed by atoms with Crippen LogP contribution in [0.4, 0.5) is 0 Å². The number of rotatable bonds is 1. The van der Waals surface area contributed by atoms with Gasteiger partial charge in [0, 0.05) is 24.0 Å². The Morgan fingerprint density at radius 2 is 1.19 bits per heavy atom. The minimum Gasteiger partial charge on any atom is -0.405 e. The van der Waals surface area contributed by atoms with Crippen LogP contribution in [0.2, 0.25) is 0 Å². The van der Waals surface area contributed by atoms with Crippen LogP contribution in [0.1, 0.15) is 0 Å². The highest BCUT2D eigenvalue weighted by Gasteiger charge is 1.88. The number of hydrogen-bond acceptors (Lipinski definition) is 6. The summed E-state index contributed by atoms with van der Waals surface area (Å²) in [7, 11) is 0. The van der Waals surface area contributed by atoms with Gasteiger partial charge in [-0.15, -0.1) is 0 Å². The fraction of sp³-hybridized carbons (Fsp3) is 0. The van der Waals surface area contributed by atoms with E-state index in [9.17, 15) is 0 Å². The molecule has 26 heavy (non-hydrogen) atoms. The Kier molecular flexibility index (Phi) is 7.76. The van der Waals surface area contributed by atoms with Crippen LogP contribution in [0, 0.1) is 0 Å². The second-order valence-corrected chi connectivity index (χ2v) is 4.90. The van der Waals surface area contributed by atoms with Gasteiger partial charge in [0.2, 0.25) is 0 Å². The highest BCUT2D eigenvalue weighted by Crippen LogP contribution is 2.06. The maximum Gasteiger partial charge on any atom is 0.116 e. The molecule has 2 aromatic carbocycles. The monoisotopic (exact) mass is 344 g/mol. The van der Waals surface area contributed by atoms with Crippen molar-refractivity contribution in [3.63, 3.8) is 0 Å². The molecule has 0 saturated carbocycles. The van der Waals surface area contributed by atoms with Crippen molar-refractivity contribution in [3.05, 3.63) is 98.0 Å². The number of aromatic nitrogens is 4. The minimum atomic E-state index is 0.949. The average Bonchev–Trinajstić information content (AvgIpc) is 2.73. The molecule has 4 N–H and O–H groups in total. The van der Waals surface area contributed by atoms with Gasteiger partial charge in [-0.2, -0.15) is 0 Å². The second kappa shape index (κ2) is 10.9. The molecule has 0 bridgehead atoms. The molecule has 4 aromatic rings. The molecule has 130 valence electrons. The normalized spacial score (nSPS) is 10.3. The summed E-state index contributed by atoms with van der Waals surface area (Å²) >= 11 is 0. The molecule has 0 fully saturated rings. The van der Waals surface area contributed by atoms with Crippen LogP contribution >= 0.6 is 0 Å². The summed E-state index contributed by atoms with van der Waals surface area (Å²) in [5.74, 6) is 0. The fourth-order valence-electron chi connectivity index (χ4n) is 1.96. The van der Waals surface area contributed by atoms with Crippen LogP contribution in [0.5, 0.6) is 0 Å². The first-order valence-corrected chi connectivity index (χ1v) is 7.91. The van der Waals surface area contributed by atoms with E-state index in [1.54, 1.807) is 30.9 Å². The summed E-state index contributed by atoms with van der Waals surface area (Å²) in [4.78, 5) is 16.2. The van der Waals surface area contributed by atoms with E-state index in [0.717, 1.165) is 21.9 Å². The molecule has 0 radical (unpaired) electrons. The van der Waals surface area contributed by atoms with Gasteiger partial charge in [-0.05, 0) is 42.8 Å². The van der Waals surface area contributed by atoms with Crippen LogP contribution in [-0.4, -0.2) is 19.9 Å². The van der Waals surface area contributed by atoms with Crippen LogP contribution in [0.3, 0.4) is 0 Å². The lowest BCUT2D eigenvalue weighted by Crippen LogP contribution is -1.78. The standard InChI is InChI=1S/2C8H6N2.C4H8N2/c1-2-4-8-7(3-1)5-9-6-10-8;1-2-4-8-7(3-1)9-5-6-10-8;5-3-1-2-4-6/h2*1-6H;1-4H,5-6H2/b;;3-1-,4-2-. The number of nitrogens with two attached hydrogens (primary N) is 2. The van der Waals surface area contributed by atoms with Crippen LogP contribution < -0.4 is 11.5 Å². The van der Waals surface area contributed by atoms with Gasteiger partial charge in [-0.1, -0.05) is 30.3 Å². The highest BCUT2D eigenvalue weighted by molar-refractivity contribution is 5.76. The Morgan fingerprint density at radius 3 is 1.73 bits per heavy atom. The molecule has 0 unspecified atom stereocenters. The summed E-state index contributed by atoms with van der Waals surface area (Å²) in [5.41, 5.74) is 12.8. The smallest absolute Gasteiger partial charge is 0.116 e. The van der Waals surface area contributed by atoms with E-state index in [2.05, 4.69) is 19.9 Å². The fourth-order valence-corrected chi connectivity index (χ4v) is 1.96. The lowest BCUT2D eigenvalue weighted by Gasteiger charge is -1.90. The number of nitrogens with zero attached hydrogens (tertiary/aromatic N) is 4. The molecule has 0 aliphatic carbocycles. The first-order valence-electron chi connectivity index (χ1n) is 7.91. The van der Waals surface area contributed by atoms with E-state index in [-0.39, 0.29) is 0 Å². The molecule has 0 atom stereocenters. The van der Waals surface area contributed by atoms with Gasteiger partial charge >= 0.3 is 0 Å². The molecular formula is C20H20N6. The number of fused-ring (bicyclic) bond motifs is 2. The second-order valence-electron chi connectivity index (χ2n) is 4.90. The Hall–Kier alpha value is -3.80. The Bertz CT molecular complexity index is 769. The van der Waals surface area contributed by atoms with Crippen molar-refractivity contribution in [2.75, 3.05) is 0 Å². The summed E-state index contributed by atoms with van der Waals surface area (Å²) in [6.07, 6.45) is 12.9. The predicted molar refractivity (Wildman–Crippen MR) is 106 cm³/mol. The van der Waals surface area contributed by atoms with E-state index in [1.807, 2.05) is 54.7 Å². The molecular weight excluding hydrogens is 324 g/mol. The number of allylic oxidation sites excluding steroid dienone is 2. The summed E-state index contributed by atoms with van der Waals surface area (Å²) in [6.45, 7) is 0. The zero-order valence-electron chi connectivity index (χ0n) is 14.2. The Balaban J connectivity index is 0.000000146. The topological polar surface area (TPSA) is 104 Å². The molecule has 6 heteroatoms. The van der Waals surface area contributed by atoms with Crippen LogP contribution in [-0.2, 0) is 0 Å². The minimum absolute atomic E-state index is 0.949. The Morgan fingerprint density at radius 1 is 0.654 bits per heavy atom. The van der Waals surface area contributed by atoms with Crippen LogP contribution in [0.15, 0.2) is 98.0 Å². The first-order chi connectivity index (χ1) is 12.8. The van der Waals surface area contributed by atoms with E-state index >= 15 is 0 Å². The van der Waals surface area contributed by atoms with Gasteiger partial charge in [0.25, 0.3) is 0 Å². The molecule has 0 spiro atoms. The number of benzene rings is 2. The van der Waals surface area contributed by atoms with Gasteiger partial charge in [-0.25, -0.2) is 9.97 Å². The zero-order chi connectivity index (χ0) is 18.5. The predicted octanol–water partition coefficient (Wildman–Crippen LogP) is 3.19. The third-order valence-electron chi connectivity index (χ3n) is 3.12. The molecule has 6 nitrogen and oxygen atoms in total. The summed E-state index contributed by atoms with van der Waals surface area (Å²) in [5, 5.41) is 1.09. The van der Waals surface area contributed by atoms with Crippen molar-refractivity contribution in [3.8, 4) is 0 Å². The molecule has 0 aliphatic rings. The van der Waals surface area contributed by atoms with E-state index in [0.29, 0.717) is 0 Å². The zero-order valence-corrected chi connectivity index (χ0v) is 14.2. The van der Waals surface area contributed by atoms with Gasteiger partial charge in [0.15, 0.2) is 0 Å². The third kappa shape index (κ3) is 6.01. The highest BCUT2D eigenvalue weighted by atomic mass is 14.8. The van der Waals surface area contributed by atoms with Crippen molar-refractivity contribution in [1.82, 2.24) is 19.9 Å². The largest absolute Gasteiger partial charge is 0.405 e. The summed E-state index contributed by atoms with van der Waals surface area (Å²) in [6, 6.07) is 15.7. The van der Waals surface area contributed by atoms with Gasteiger partial charge in [0.1, 0.15) is 6.33 Å². The van der Waals surface area contributed by atoms with Crippen LogP contribution in [0.25, 0.3) is 21.9 Å². The number of hydrogen-bond donors (Lipinski definition) is 2. The molecule has 0 amide bonds. The first kappa shape index (κ1) is 18.5. The van der Waals surface area contributed by atoms with Crippen molar-refractivity contribution in [2.24, 2.45) is 11.5 Å². The summed E-state index contributed by atoms with van der Waals surface area (Å²) < 4.78 is 0. The quantitative estimate of drug-likeness (QED) is 0.514.